The molecule has 31 heavy (non-hydrogen) atoms. The van der Waals surface area contributed by atoms with Gasteiger partial charge in [-0.15, -0.1) is 0 Å². The Kier molecular flexibility index (Phi) is 6.12. The van der Waals surface area contributed by atoms with E-state index < -0.39 is 0 Å². The minimum Gasteiger partial charge on any atom is -0.345 e. The number of rotatable bonds is 6. The number of aldehydes is 1. The summed E-state index contributed by atoms with van der Waals surface area (Å²) in [5.41, 5.74) is 3.91. The van der Waals surface area contributed by atoms with Gasteiger partial charge in [0.05, 0.1) is 17.1 Å². The molecule has 1 heterocycles. The molecule has 156 valence electrons. The fraction of sp³-hybridized carbons (Fsp3) is 0.120. The van der Waals surface area contributed by atoms with Gasteiger partial charge in [0.2, 0.25) is 0 Å². The van der Waals surface area contributed by atoms with Gasteiger partial charge in [-0.1, -0.05) is 59.6 Å². The van der Waals surface area contributed by atoms with E-state index in [0.717, 1.165) is 28.3 Å². The molecular weight excluding hydrogens is 431 g/mol. The molecule has 0 saturated carbocycles. The maximum Gasteiger partial charge on any atom is 0.253 e. The van der Waals surface area contributed by atoms with Gasteiger partial charge in [0.15, 0.2) is 0 Å². The zero-order valence-electron chi connectivity index (χ0n) is 16.8. The molecule has 0 saturated heterocycles. The number of nitrogens with zero attached hydrogens (tertiary/aromatic N) is 1. The van der Waals surface area contributed by atoms with E-state index >= 15 is 0 Å². The topological polar surface area (TPSA) is 51.1 Å². The van der Waals surface area contributed by atoms with Crippen LogP contribution in [0.1, 0.15) is 44.8 Å². The van der Waals surface area contributed by atoms with Gasteiger partial charge in [-0.3, -0.25) is 9.59 Å². The molecule has 0 aliphatic heterocycles. The summed E-state index contributed by atoms with van der Waals surface area (Å²) in [6, 6.07) is 20.1. The van der Waals surface area contributed by atoms with Crippen molar-refractivity contribution in [3.63, 3.8) is 0 Å². The Morgan fingerprint density at radius 2 is 1.71 bits per heavy atom. The number of halogens is 2. The molecular formula is C25H20Cl2N2O2. The number of aromatic nitrogens is 1. The maximum atomic E-state index is 13.2. The molecule has 0 aliphatic rings. The third-order valence-electron chi connectivity index (χ3n) is 5.26. The lowest BCUT2D eigenvalue weighted by Crippen LogP contribution is -2.27. The summed E-state index contributed by atoms with van der Waals surface area (Å²) in [6.45, 7) is 2.51. The number of nitrogens with one attached hydrogen (secondary N) is 1. The summed E-state index contributed by atoms with van der Waals surface area (Å²) in [4.78, 5) is 24.1. The van der Waals surface area contributed by atoms with Crippen LogP contribution >= 0.6 is 23.2 Å². The first-order valence-corrected chi connectivity index (χ1v) is 10.6. The van der Waals surface area contributed by atoms with Crippen LogP contribution in [0, 0.1) is 0 Å². The van der Waals surface area contributed by atoms with E-state index in [9.17, 15) is 9.59 Å². The smallest absolute Gasteiger partial charge is 0.253 e. The summed E-state index contributed by atoms with van der Waals surface area (Å²) in [5.74, 6) is -0.212. The van der Waals surface area contributed by atoms with Gasteiger partial charge in [-0.25, -0.2) is 0 Å². The highest BCUT2D eigenvalue weighted by Gasteiger charge is 2.18. The first-order valence-electron chi connectivity index (χ1n) is 9.83. The molecule has 0 radical (unpaired) electrons. The fourth-order valence-electron chi connectivity index (χ4n) is 3.63. The van der Waals surface area contributed by atoms with Crippen LogP contribution in [0.15, 0.2) is 72.9 Å². The summed E-state index contributed by atoms with van der Waals surface area (Å²) < 4.78 is 2.04. The Morgan fingerprint density at radius 3 is 2.39 bits per heavy atom. The second-order valence-electron chi connectivity index (χ2n) is 7.44. The van der Waals surface area contributed by atoms with Crippen LogP contribution in [0.3, 0.4) is 0 Å². The molecule has 6 heteroatoms. The van der Waals surface area contributed by atoms with E-state index in [1.807, 2.05) is 66.2 Å². The number of amides is 1. The molecule has 0 spiro atoms. The number of benzene rings is 3. The number of fused-ring (bicyclic) bond motifs is 1. The Morgan fingerprint density at radius 1 is 1.00 bits per heavy atom. The quantitative estimate of drug-likeness (QED) is 0.350. The van der Waals surface area contributed by atoms with Gasteiger partial charge >= 0.3 is 0 Å². The zero-order chi connectivity index (χ0) is 22.0. The predicted molar refractivity (Wildman–Crippen MR) is 125 cm³/mol. The van der Waals surface area contributed by atoms with Crippen LogP contribution in [0.5, 0.6) is 0 Å². The lowest BCUT2D eigenvalue weighted by Gasteiger charge is -2.16. The lowest BCUT2D eigenvalue weighted by atomic mass is 10.1. The molecule has 1 amide bonds. The summed E-state index contributed by atoms with van der Waals surface area (Å²) in [7, 11) is 0. The highest BCUT2D eigenvalue weighted by molar-refractivity contribution is 6.32. The van der Waals surface area contributed by atoms with Crippen LogP contribution in [0.2, 0.25) is 10.0 Å². The second kappa shape index (κ2) is 8.96. The Labute approximate surface area is 190 Å². The minimum absolute atomic E-state index is 0.212. The van der Waals surface area contributed by atoms with Gasteiger partial charge in [-0.05, 0) is 48.4 Å². The fourth-order valence-corrected chi connectivity index (χ4v) is 3.98. The second-order valence-corrected chi connectivity index (χ2v) is 8.31. The Bertz CT molecular complexity index is 1250. The largest absolute Gasteiger partial charge is 0.345 e. The third-order valence-corrected chi connectivity index (χ3v) is 5.73. The molecule has 0 fully saturated rings. The number of hydrogen-bond acceptors (Lipinski definition) is 2. The van der Waals surface area contributed by atoms with Crippen LogP contribution < -0.4 is 5.32 Å². The van der Waals surface area contributed by atoms with Gasteiger partial charge in [0, 0.05) is 33.7 Å². The molecule has 4 nitrogen and oxygen atoms in total. The summed E-state index contributed by atoms with van der Waals surface area (Å²) in [5, 5.41) is 5.13. The van der Waals surface area contributed by atoms with E-state index in [1.165, 1.54) is 0 Å². The normalized spacial score (nSPS) is 12.0. The van der Waals surface area contributed by atoms with Crippen molar-refractivity contribution >= 4 is 46.3 Å². The average molecular weight is 451 g/mol. The molecule has 0 aliphatic carbocycles. The highest BCUT2D eigenvalue weighted by atomic mass is 35.5. The number of hydrogen-bond donors (Lipinski definition) is 1. The summed E-state index contributed by atoms with van der Waals surface area (Å²) >= 11 is 12.3. The molecule has 4 rings (SSSR count). The van der Waals surface area contributed by atoms with Crippen molar-refractivity contribution in [3.05, 3.63) is 105 Å². The van der Waals surface area contributed by atoms with Crippen molar-refractivity contribution in [1.29, 1.82) is 0 Å². The Balaban J connectivity index is 1.65. The van der Waals surface area contributed by atoms with Crippen LogP contribution in [0.25, 0.3) is 10.9 Å². The van der Waals surface area contributed by atoms with Gasteiger partial charge in [0.25, 0.3) is 5.91 Å². The van der Waals surface area contributed by atoms with Gasteiger partial charge in [0.1, 0.15) is 6.29 Å². The van der Waals surface area contributed by atoms with Gasteiger partial charge in [-0.2, -0.15) is 0 Å². The number of carbonyl (C=O) groups is 2. The van der Waals surface area contributed by atoms with E-state index in [0.29, 0.717) is 27.7 Å². The van der Waals surface area contributed by atoms with Crippen molar-refractivity contribution in [2.24, 2.45) is 0 Å². The van der Waals surface area contributed by atoms with Crippen molar-refractivity contribution in [1.82, 2.24) is 9.88 Å². The van der Waals surface area contributed by atoms with Crippen molar-refractivity contribution in [2.75, 3.05) is 0 Å². The van der Waals surface area contributed by atoms with Crippen LogP contribution in [-0.4, -0.2) is 16.8 Å². The standard InChI is InChI=1S/C25H20Cl2N2O2/c1-16(19-6-2-18(15-30)3-7-19)28-25(31)23-13-22(27)12-20-10-11-29(24(20)23)14-17-4-8-21(26)9-5-17/h2-13,15-16H,14H2,1H3,(H,28,31)/t16-/m0/s1. The summed E-state index contributed by atoms with van der Waals surface area (Å²) in [6.07, 6.45) is 2.75. The minimum atomic E-state index is -0.234. The number of carbonyl (C=O) groups excluding carboxylic acids is 2. The average Bonchev–Trinajstić information content (AvgIpc) is 3.17. The molecule has 1 aromatic heterocycles. The molecule has 0 bridgehead atoms. The first-order chi connectivity index (χ1) is 14.9. The maximum absolute atomic E-state index is 13.2. The van der Waals surface area contributed by atoms with Gasteiger partial charge < -0.3 is 9.88 Å². The monoisotopic (exact) mass is 450 g/mol. The molecule has 3 aromatic carbocycles. The Hall–Kier alpha value is -3.08. The van der Waals surface area contributed by atoms with Crippen LogP contribution in [-0.2, 0) is 6.54 Å². The van der Waals surface area contributed by atoms with Crippen LogP contribution in [0.4, 0.5) is 0 Å². The highest BCUT2D eigenvalue weighted by Crippen LogP contribution is 2.27. The molecule has 4 aromatic rings. The van der Waals surface area contributed by atoms with Crippen molar-refractivity contribution < 1.29 is 9.59 Å². The molecule has 1 atom stereocenters. The van der Waals surface area contributed by atoms with Crippen molar-refractivity contribution in [2.45, 2.75) is 19.5 Å². The van der Waals surface area contributed by atoms with E-state index in [-0.39, 0.29) is 11.9 Å². The molecule has 1 N–H and O–H groups in total. The van der Waals surface area contributed by atoms with E-state index in [1.54, 1.807) is 18.2 Å². The van der Waals surface area contributed by atoms with E-state index in [4.69, 9.17) is 23.2 Å². The SMILES string of the molecule is C[C@H](NC(=O)c1cc(Cl)cc2ccn(Cc3ccc(Cl)cc3)c12)c1ccc(C=O)cc1. The third kappa shape index (κ3) is 4.66. The zero-order valence-corrected chi connectivity index (χ0v) is 18.3. The molecule has 0 unspecified atom stereocenters. The van der Waals surface area contributed by atoms with Crippen molar-refractivity contribution in [3.8, 4) is 0 Å². The first kappa shape index (κ1) is 21.2. The lowest BCUT2D eigenvalue weighted by molar-refractivity contribution is 0.0940. The van der Waals surface area contributed by atoms with E-state index in [2.05, 4.69) is 5.32 Å². The predicted octanol–water partition coefficient (Wildman–Crippen LogP) is 6.30.